The fourth-order valence-electron chi connectivity index (χ4n) is 14.1. The van der Waals surface area contributed by atoms with Crippen LogP contribution in [0.4, 0.5) is 0 Å². The van der Waals surface area contributed by atoms with E-state index in [1.165, 1.54) is 40.5 Å². The van der Waals surface area contributed by atoms with Crippen molar-refractivity contribution in [2.24, 2.45) is 0 Å². The Morgan fingerprint density at radius 1 is 0.351 bits per heavy atom. The number of esters is 2. The van der Waals surface area contributed by atoms with Crippen LogP contribution < -0.4 is 0 Å². The molecule has 10 aromatic carbocycles. The van der Waals surface area contributed by atoms with E-state index in [9.17, 15) is 18.4 Å². The Hall–Kier alpha value is -10.4. The van der Waals surface area contributed by atoms with Gasteiger partial charge >= 0.3 is 11.9 Å². The van der Waals surface area contributed by atoms with Crippen molar-refractivity contribution in [2.75, 3.05) is 0 Å². The summed E-state index contributed by atoms with van der Waals surface area (Å²) in [4.78, 5) is 34.9. The van der Waals surface area contributed by atoms with E-state index < -0.39 is 23.0 Å². The van der Waals surface area contributed by atoms with Gasteiger partial charge in [0.25, 0.3) is 0 Å². The Labute approximate surface area is 566 Å². The van der Waals surface area contributed by atoms with Gasteiger partial charge in [-0.1, -0.05) is 180 Å². The highest BCUT2D eigenvalue weighted by atomic mass is 32.2. The van der Waals surface area contributed by atoms with Gasteiger partial charge in [0.15, 0.2) is 11.1 Å². The van der Waals surface area contributed by atoms with Crippen molar-refractivity contribution in [3.05, 3.63) is 263 Å². The van der Waals surface area contributed by atoms with Gasteiger partial charge in [-0.15, -0.1) is 0 Å². The molecule has 15 aromatic rings. The summed E-state index contributed by atoms with van der Waals surface area (Å²) in [5.74, 6) is -0.364. The lowest BCUT2D eigenvalue weighted by Crippen LogP contribution is -2.12. The molecule has 0 saturated heterocycles. The quantitative estimate of drug-likeness (QED) is 0.101. The molecule has 5 heterocycles. The van der Waals surface area contributed by atoms with Gasteiger partial charge in [-0.05, 0) is 176 Å². The third-order valence-corrected chi connectivity index (χ3v) is 19.9. The largest absolute Gasteiger partial charge is 0.457 e. The first-order valence-corrected chi connectivity index (χ1v) is 34.3. The van der Waals surface area contributed by atoms with Crippen LogP contribution >= 0.6 is 0 Å². The number of aromatic nitrogens is 5. The lowest BCUT2D eigenvalue weighted by atomic mass is 9.85. The highest BCUT2D eigenvalue weighted by Crippen LogP contribution is 2.42. The highest BCUT2D eigenvalue weighted by Gasteiger charge is 2.27. The van der Waals surface area contributed by atoms with Gasteiger partial charge in [0.1, 0.15) is 24.8 Å². The molecule has 5 aromatic heterocycles. The van der Waals surface area contributed by atoms with E-state index >= 15 is 0 Å². The first-order chi connectivity index (χ1) is 46.2. The molecule has 12 heteroatoms. The van der Waals surface area contributed by atoms with Gasteiger partial charge in [0.05, 0.1) is 60.2 Å². The van der Waals surface area contributed by atoms with Crippen LogP contribution in [-0.2, 0) is 55.4 Å². The van der Waals surface area contributed by atoms with Crippen LogP contribution in [0.25, 0.3) is 110 Å². The highest BCUT2D eigenvalue weighted by molar-refractivity contribution is 7.79. The minimum absolute atomic E-state index is 0.0901. The molecule has 0 amide bonds. The second kappa shape index (κ2) is 23.2. The standard InChI is InChI=1S/C85H77N5O6S/c1-82(2,3)55-29-33-74-66(44-55)67-45-56(83(4,5)6)30-34-75(67)89(74)78-39-52(40-79(86-78)90-76-35-31-57(84(7,8)9)46-68(76)69-47-58(85(10,11)12)32-36-77(69)90)50-96-81(92)54-41-53(42-61(43-54)97(93)94)80(91)95-49-51-37-59(87-70-25-17-13-21-62(70)63-22-14-18-26-71(63)87)48-60(38-51)88-72-27-19-15-23-64(72)65-24-16-20-28-73(65)88/h13-48H,49-50H2,1-12H3,(H,93,94). The summed E-state index contributed by atoms with van der Waals surface area (Å²) in [6.45, 7) is 26.4. The average Bonchev–Trinajstić information content (AvgIpc) is 1.59. The van der Waals surface area contributed by atoms with Crippen molar-refractivity contribution in [1.82, 2.24) is 23.3 Å². The molecule has 97 heavy (non-hydrogen) atoms. The van der Waals surface area contributed by atoms with Crippen molar-refractivity contribution in [1.29, 1.82) is 0 Å². The molecule has 0 aliphatic carbocycles. The normalized spacial score (nSPS) is 13.0. The minimum atomic E-state index is -2.60. The number of carbonyl (C=O) groups is 2. The van der Waals surface area contributed by atoms with E-state index in [1.54, 1.807) is 0 Å². The zero-order valence-corrected chi connectivity index (χ0v) is 57.6. The number of carbonyl (C=O) groups excluding carboxylic acids is 2. The summed E-state index contributed by atoms with van der Waals surface area (Å²) >= 11 is -2.60. The topological polar surface area (TPSA) is 123 Å². The Morgan fingerprint density at radius 3 is 0.938 bits per heavy atom. The number of benzene rings is 10. The zero-order valence-electron chi connectivity index (χ0n) is 56.8. The fraction of sp³-hybridized carbons (Fsp3) is 0.212. The van der Waals surface area contributed by atoms with Crippen LogP contribution in [0.5, 0.6) is 0 Å². The number of nitrogens with zero attached hydrogens (tertiary/aromatic N) is 5. The van der Waals surface area contributed by atoms with Crippen molar-refractivity contribution in [3.63, 3.8) is 0 Å². The molecular weight excluding hydrogens is 1220 g/mol. The number of pyridine rings is 1. The molecule has 0 spiro atoms. The summed E-state index contributed by atoms with van der Waals surface area (Å²) in [6.07, 6.45) is 0. The predicted octanol–water partition coefficient (Wildman–Crippen LogP) is 21.0. The molecule has 1 unspecified atom stereocenters. The number of hydrogen-bond acceptors (Lipinski definition) is 6. The maximum atomic E-state index is 14.8. The van der Waals surface area contributed by atoms with Gasteiger partial charge < -0.3 is 23.2 Å². The minimum Gasteiger partial charge on any atom is -0.457 e. The summed E-state index contributed by atoms with van der Waals surface area (Å²) in [7, 11) is 0. The second-order valence-corrected chi connectivity index (χ2v) is 31.0. The van der Waals surface area contributed by atoms with Gasteiger partial charge in [0, 0.05) is 54.5 Å². The summed E-state index contributed by atoms with van der Waals surface area (Å²) in [5, 5.41) is 8.81. The van der Waals surface area contributed by atoms with Crippen LogP contribution in [0.1, 0.15) is 137 Å². The average molecular weight is 1300 g/mol. The first kappa shape index (κ1) is 62.7. The third kappa shape index (κ3) is 11.2. The van der Waals surface area contributed by atoms with Crippen LogP contribution in [-0.4, -0.2) is 44.0 Å². The number of hydrogen-bond donors (Lipinski definition) is 1. The molecular formula is C85H77N5O6S. The maximum Gasteiger partial charge on any atom is 0.338 e. The first-order valence-electron chi connectivity index (χ1n) is 33.2. The molecule has 1 atom stereocenters. The monoisotopic (exact) mass is 1300 g/mol. The Kier molecular flexibility index (Phi) is 15.0. The third-order valence-electron chi connectivity index (χ3n) is 19.3. The second-order valence-electron chi connectivity index (χ2n) is 30.0. The van der Waals surface area contributed by atoms with E-state index in [1.807, 2.05) is 72.8 Å². The van der Waals surface area contributed by atoms with Gasteiger partial charge in [0.2, 0.25) is 0 Å². The molecule has 0 saturated carbocycles. The Balaban J connectivity index is 0.820. The van der Waals surface area contributed by atoms with E-state index in [0.29, 0.717) is 22.8 Å². The molecule has 0 fully saturated rings. The van der Waals surface area contributed by atoms with Crippen molar-refractivity contribution in [3.8, 4) is 23.0 Å². The molecule has 1 N–H and O–H groups in total. The molecule has 0 bridgehead atoms. The number of fused-ring (bicyclic) bond motifs is 12. The number of ether oxygens (including phenoxy) is 2. The van der Waals surface area contributed by atoms with Crippen molar-refractivity contribution in [2.45, 2.75) is 123 Å². The zero-order chi connectivity index (χ0) is 67.8. The summed E-state index contributed by atoms with van der Waals surface area (Å²) < 4.78 is 45.3. The van der Waals surface area contributed by atoms with Gasteiger partial charge in [-0.3, -0.25) is 9.13 Å². The lowest BCUT2D eigenvalue weighted by molar-refractivity contribution is 0.0469. The van der Waals surface area contributed by atoms with E-state index in [2.05, 4.69) is 229 Å². The van der Waals surface area contributed by atoms with Crippen LogP contribution in [0.3, 0.4) is 0 Å². The number of para-hydroxylation sites is 4. The molecule has 484 valence electrons. The lowest BCUT2D eigenvalue weighted by Gasteiger charge is -2.19. The Bertz CT molecular complexity index is 5240. The van der Waals surface area contributed by atoms with Crippen molar-refractivity contribution >= 4 is 110 Å². The SMILES string of the molecule is CC(C)(C)c1ccc2c(c1)c1cc(C(C)(C)C)ccc1n2-c1cc(COC(=O)c2cc(C(=O)OCc3cc(-n4c5ccccc5c5ccccc54)cc(-n4c5ccccc5c5ccccc54)c3)cc(S(=O)O)c2)cc(-n2c3ccc(C(C)(C)C)cc3c3cc(C(C)(C)C)ccc32)n1. The molecule has 0 aliphatic heterocycles. The van der Waals surface area contributed by atoms with E-state index in [0.717, 1.165) is 98.6 Å². The molecule has 0 aliphatic rings. The van der Waals surface area contributed by atoms with E-state index in [4.69, 9.17) is 14.5 Å². The van der Waals surface area contributed by atoms with Crippen LogP contribution in [0, 0.1) is 0 Å². The van der Waals surface area contributed by atoms with Crippen molar-refractivity contribution < 1.29 is 27.8 Å². The van der Waals surface area contributed by atoms with Gasteiger partial charge in [-0.2, -0.15) is 0 Å². The number of rotatable bonds is 11. The van der Waals surface area contributed by atoms with E-state index in [-0.39, 0.29) is 50.9 Å². The van der Waals surface area contributed by atoms with Crippen LogP contribution in [0.15, 0.2) is 223 Å². The predicted molar refractivity (Wildman–Crippen MR) is 397 cm³/mol. The molecule has 0 radical (unpaired) electrons. The van der Waals surface area contributed by atoms with Gasteiger partial charge in [-0.25, -0.2) is 18.8 Å². The molecule has 11 nitrogen and oxygen atoms in total. The summed E-state index contributed by atoms with van der Waals surface area (Å²) in [5.41, 5.74) is 15.2. The summed E-state index contributed by atoms with van der Waals surface area (Å²) in [6, 6.07) is 74.3. The smallest absolute Gasteiger partial charge is 0.338 e. The maximum absolute atomic E-state index is 14.8. The Morgan fingerprint density at radius 2 is 0.639 bits per heavy atom. The molecule has 15 rings (SSSR count). The van der Waals surface area contributed by atoms with Crippen LogP contribution in [0.2, 0.25) is 0 Å². The fourth-order valence-corrected chi connectivity index (χ4v) is 14.5.